The second-order valence-electron chi connectivity index (χ2n) is 8.37. The molecule has 0 fully saturated rings. The molecule has 1 amide bonds. The third kappa shape index (κ3) is 2.11. The fourth-order valence-electron chi connectivity index (χ4n) is 5.52. The minimum atomic E-state index is -1.66. The molecule has 0 aliphatic carbocycles. The van der Waals surface area contributed by atoms with Gasteiger partial charge in [-0.3, -0.25) is 9.59 Å². The van der Waals surface area contributed by atoms with E-state index in [-0.39, 0.29) is 11.3 Å². The summed E-state index contributed by atoms with van der Waals surface area (Å²) in [6.07, 6.45) is -0.836. The van der Waals surface area contributed by atoms with Gasteiger partial charge in [0.15, 0.2) is 0 Å². The first-order valence-corrected chi connectivity index (χ1v) is 10.6. The summed E-state index contributed by atoms with van der Waals surface area (Å²) >= 11 is 0. The van der Waals surface area contributed by atoms with Gasteiger partial charge in [-0.25, -0.2) is 4.79 Å². The maximum atomic E-state index is 13.8. The minimum absolute atomic E-state index is 0.0150. The number of rotatable bonds is 0. The summed E-state index contributed by atoms with van der Waals surface area (Å²) in [5, 5.41) is 3.42. The number of para-hydroxylation sites is 3. The second-order valence-corrected chi connectivity index (χ2v) is 8.37. The van der Waals surface area contributed by atoms with E-state index in [4.69, 9.17) is 13.9 Å². The lowest BCUT2D eigenvalue weighted by Gasteiger charge is -2.45. The van der Waals surface area contributed by atoms with E-state index in [2.05, 4.69) is 5.32 Å². The van der Waals surface area contributed by atoms with Crippen molar-refractivity contribution in [3.63, 3.8) is 0 Å². The Balaban J connectivity index is 1.67. The smallest absolute Gasteiger partial charge is 0.344 e. The maximum absolute atomic E-state index is 13.8. The molecule has 160 valence electrons. The Labute approximate surface area is 186 Å². The number of hydrogen-bond acceptors (Lipinski definition) is 6. The van der Waals surface area contributed by atoms with Crippen LogP contribution < -0.4 is 20.4 Å². The van der Waals surface area contributed by atoms with Crippen molar-refractivity contribution < 1.29 is 23.5 Å². The molecule has 3 aliphatic rings. The SMILES string of the molecule is O=C1Oc2ccccc2[C@@H]2Oc3c(c(=O)oc4ccccc34)[C@@]3(C(=O)Nc4ccccc43)[C@@H]12. The van der Waals surface area contributed by atoms with Crippen LogP contribution in [-0.2, 0) is 15.0 Å². The first-order chi connectivity index (χ1) is 16.1. The molecule has 1 N–H and O–H groups in total. The predicted octanol–water partition coefficient (Wildman–Crippen LogP) is 3.70. The Morgan fingerprint density at radius 1 is 0.848 bits per heavy atom. The molecular weight excluding hydrogens is 422 g/mol. The van der Waals surface area contributed by atoms with Crippen molar-refractivity contribution in [2.24, 2.45) is 5.92 Å². The van der Waals surface area contributed by atoms with Gasteiger partial charge in [0.05, 0.1) is 5.39 Å². The van der Waals surface area contributed by atoms with E-state index in [9.17, 15) is 14.4 Å². The van der Waals surface area contributed by atoms with E-state index < -0.39 is 34.9 Å². The highest BCUT2D eigenvalue weighted by Crippen LogP contribution is 2.60. The molecule has 0 saturated heterocycles. The molecule has 1 aromatic heterocycles. The molecule has 3 aromatic carbocycles. The fourth-order valence-corrected chi connectivity index (χ4v) is 5.52. The van der Waals surface area contributed by atoms with Gasteiger partial charge in [0.1, 0.15) is 40.1 Å². The zero-order valence-electron chi connectivity index (χ0n) is 17.0. The van der Waals surface area contributed by atoms with Crippen LogP contribution in [0.25, 0.3) is 11.0 Å². The average molecular weight is 437 g/mol. The van der Waals surface area contributed by atoms with E-state index in [1.807, 2.05) is 12.1 Å². The molecule has 0 radical (unpaired) electrons. The van der Waals surface area contributed by atoms with E-state index >= 15 is 0 Å². The number of benzene rings is 3. The van der Waals surface area contributed by atoms with Gasteiger partial charge in [-0.1, -0.05) is 48.5 Å². The number of fused-ring (bicyclic) bond motifs is 10. The monoisotopic (exact) mass is 437 g/mol. The Morgan fingerprint density at radius 3 is 2.52 bits per heavy atom. The van der Waals surface area contributed by atoms with Crippen LogP contribution in [0.4, 0.5) is 5.69 Å². The topological polar surface area (TPSA) is 94.8 Å². The highest BCUT2D eigenvalue weighted by atomic mass is 16.6. The van der Waals surface area contributed by atoms with Crippen molar-refractivity contribution in [3.05, 3.63) is 99.9 Å². The zero-order chi connectivity index (χ0) is 22.3. The highest BCUT2D eigenvalue weighted by Gasteiger charge is 2.66. The molecule has 3 aliphatic heterocycles. The van der Waals surface area contributed by atoms with E-state index in [1.165, 1.54) is 0 Å². The zero-order valence-corrected chi connectivity index (χ0v) is 17.0. The summed E-state index contributed by atoms with van der Waals surface area (Å²) in [5.41, 5.74) is -0.331. The predicted molar refractivity (Wildman–Crippen MR) is 117 cm³/mol. The van der Waals surface area contributed by atoms with Crippen LogP contribution in [0.5, 0.6) is 11.5 Å². The first-order valence-electron chi connectivity index (χ1n) is 10.6. The number of anilines is 1. The minimum Gasteiger partial charge on any atom is -0.483 e. The first kappa shape index (κ1) is 18.2. The van der Waals surface area contributed by atoms with Crippen LogP contribution in [0, 0.1) is 5.92 Å². The fraction of sp³-hybridized carbons (Fsp3) is 0.115. The summed E-state index contributed by atoms with van der Waals surface area (Å²) in [6.45, 7) is 0. The van der Waals surface area contributed by atoms with Gasteiger partial charge in [0.25, 0.3) is 0 Å². The van der Waals surface area contributed by atoms with Gasteiger partial charge in [-0.2, -0.15) is 0 Å². The van der Waals surface area contributed by atoms with Crippen LogP contribution in [-0.4, -0.2) is 11.9 Å². The van der Waals surface area contributed by atoms with E-state index in [1.54, 1.807) is 60.7 Å². The molecule has 0 bridgehead atoms. The highest BCUT2D eigenvalue weighted by molar-refractivity contribution is 6.13. The third-order valence-electron chi connectivity index (χ3n) is 6.82. The lowest BCUT2D eigenvalue weighted by atomic mass is 9.61. The summed E-state index contributed by atoms with van der Waals surface area (Å²) in [5.74, 6) is -1.61. The van der Waals surface area contributed by atoms with Crippen LogP contribution >= 0.6 is 0 Å². The maximum Gasteiger partial charge on any atom is 0.344 e. The van der Waals surface area contributed by atoms with Crippen molar-refractivity contribution in [1.29, 1.82) is 0 Å². The van der Waals surface area contributed by atoms with Crippen LogP contribution in [0.1, 0.15) is 22.8 Å². The largest absolute Gasteiger partial charge is 0.483 e. The molecule has 1 spiro atoms. The summed E-state index contributed by atoms with van der Waals surface area (Å²) in [7, 11) is 0. The number of esters is 1. The Kier molecular flexibility index (Phi) is 3.37. The van der Waals surface area contributed by atoms with Crippen LogP contribution in [0.15, 0.2) is 82.0 Å². The number of hydrogen-bond donors (Lipinski definition) is 1. The number of carbonyl (C=O) groups excluding carboxylic acids is 2. The van der Waals surface area contributed by atoms with E-state index in [0.717, 1.165) is 0 Å². The molecule has 0 saturated carbocycles. The molecule has 7 nitrogen and oxygen atoms in total. The van der Waals surface area contributed by atoms with Crippen molar-refractivity contribution >= 4 is 28.5 Å². The van der Waals surface area contributed by atoms with Gasteiger partial charge < -0.3 is 19.2 Å². The van der Waals surface area contributed by atoms with Gasteiger partial charge >= 0.3 is 11.6 Å². The Hall–Kier alpha value is -4.39. The van der Waals surface area contributed by atoms with Crippen molar-refractivity contribution in [2.75, 3.05) is 5.32 Å². The summed E-state index contributed by atoms with van der Waals surface area (Å²) in [6, 6.07) is 21.1. The lowest BCUT2D eigenvalue weighted by Crippen LogP contribution is -2.57. The number of ether oxygens (including phenoxy) is 2. The number of nitrogens with one attached hydrogen (secondary N) is 1. The van der Waals surface area contributed by atoms with Crippen molar-refractivity contribution in [3.8, 4) is 11.5 Å². The molecule has 33 heavy (non-hydrogen) atoms. The van der Waals surface area contributed by atoms with Crippen LogP contribution in [0.2, 0.25) is 0 Å². The number of carbonyl (C=O) groups is 2. The molecule has 7 heteroatoms. The third-order valence-corrected chi connectivity index (χ3v) is 6.82. The molecule has 7 rings (SSSR count). The number of amides is 1. The summed E-state index contributed by atoms with van der Waals surface area (Å²) < 4.78 is 17.7. The molecule has 4 heterocycles. The van der Waals surface area contributed by atoms with E-state index in [0.29, 0.717) is 33.5 Å². The molecule has 3 atom stereocenters. The van der Waals surface area contributed by atoms with Gasteiger partial charge in [0, 0.05) is 11.3 Å². The molecular formula is C26H15NO6. The van der Waals surface area contributed by atoms with Crippen LogP contribution in [0.3, 0.4) is 0 Å². The summed E-state index contributed by atoms with van der Waals surface area (Å²) in [4.78, 5) is 40.7. The average Bonchev–Trinajstić information content (AvgIpc) is 3.11. The molecule has 4 aromatic rings. The van der Waals surface area contributed by atoms with Gasteiger partial charge in [-0.05, 0) is 29.8 Å². The Morgan fingerprint density at radius 2 is 1.61 bits per heavy atom. The quantitative estimate of drug-likeness (QED) is 0.256. The second kappa shape index (κ2) is 6.10. The lowest BCUT2D eigenvalue weighted by molar-refractivity contribution is -0.152. The molecule has 0 unspecified atom stereocenters. The van der Waals surface area contributed by atoms with Gasteiger partial charge in [-0.15, -0.1) is 0 Å². The standard InChI is InChI=1S/C26H15NO6/c28-23-19-21(13-7-1-5-11-17(13)31-23)33-22-14-8-2-6-12-18(14)32-24(29)20(22)26(19)15-9-3-4-10-16(15)27-25(26)30/h1-12,19,21H,(H,27,30)/t19-,21+,26+/m1/s1. The Bertz CT molecular complexity index is 1590. The van der Waals surface area contributed by atoms with Crippen molar-refractivity contribution in [2.45, 2.75) is 11.5 Å². The normalized spacial score (nSPS) is 24.2. The van der Waals surface area contributed by atoms with Gasteiger partial charge in [0.2, 0.25) is 5.91 Å². The van der Waals surface area contributed by atoms with Crippen molar-refractivity contribution in [1.82, 2.24) is 0 Å².